The summed E-state index contributed by atoms with van der Waals surface area (Å²) in [5, 5.41) is 37.2. The van der Waals surface area contributed by atoms with Crippen LogP contribution in [0.2, 0.25) is 0 Å². The van der Waals surface area contributed by atoms with E-state index in [1.807, 2.05) is 0 Å². The van der Waals surface area contributed by atoms with Crippen LogP contribution in [0.3, 0.4) is 0 Å². The van der Waals surface area contributed by atoms with Crippen LogP contribution in [0.4, 0.5) is 0 Å². The number of aliphatic hydroxyl groups is 1. The van der Waals surface area contributed by atoms with E-state index in [4.69, 9.17) is 10.2 Å². The van der Waals surface area contributed by atoms with Crippen molar-refractivity contribution in [2.45, 2.75) is 18.4 Å². The molecule has 0 aromatic heterocycles. The maximum Gasteiger partial charge on any atom is 3.00 e. The fraction of sp³-hybridized carbons (Fsp3) is 0.500. The molecule has 0 rings (SSSR count). The van der Waals surface area contributed by atoms with Gasteiger partial charge in [-0.25, -0.2) is 4.79 Å². The van der Waals surface area contributed by atoms with Gasteiger partial charge in [0.1, 0.15) is 0 Å². The minimum absolute atomic E-state index is 0. The Morgan fingerprint density at radius 1 is 1.07 bits per heavy atom. The molecular formula is C6H6AlClO7. The average molecular weight is 253 g/mol. The van der Waals surface area contributed by atoms with Crippen molar-refractivity contribution in [2.24, 2.45) is 0 Å². The molecule has 0 aliphatic rings. The number of aliphatic carboxylic acids is 3. The fourth-order valence-electron chi connectivity index (χ4n) is 0.691. The molecule has 82 valence electrons. The van der Waals surface area contributed by atoms with Crippen molar-refractivity contribution in [2.75, 3.05) is 0 Å². The third-order valence-electron chi connectivity index (χ3n) is 1.27. The second-order valence-corrected chi connectivity index (χ2v) is 2.43. The molecule has 9 heteroatoms. The Morgan fingerprint density at radius 2 is 1.33 bits per heavy atom. The van der Waals surface area contributed by atoms with Gasteiger partial charge in [-0.3, -0.25) is 0 Å². The van der Waals surface area contributed by atoms with Crippen molar-refractivity contribution >= 4 is 35.3 Å². The average Bonchev–Trinajstić information content (AvgIpc) is 1.82. The molecule has 0 atom stereocenters. The minimum Gasteiger partial charge on any atom is -1.00 e. The molecule has 0 spiro atoms. The Bertz CT molecular complexity index is 238. The molecule has 0 saturated heterocycles. The van der Waals surface area contributed by atoms with Crippen LogP contribution in [0.5, 0.6) is 0 Å². The summed E-state index contributed by atoms with van der Waals surface area (Å²) in [5.41, 5.74) is -2.86. The second kappa shape index (κ2) is 7.48. The van der Waals surface area contributed by atoms with Gasteiger partial charge in [0, 0.05) is 24.8 Å². The molecule has 2 N–H and O–H groups in total. The number of carboxylic acids is 3. The molecule has 0 unspecified atom stereocenters. The third kappa shape index (κ3) is 7.16. The van der Waals surface area contributed by atoms with Gasteiger partial charge in [0.25, 0.3) is 0 Å². The molecule has 0 bridgehead atoms. The zero-order valence-electron chi connectivity index (χ0n) is 7.31. The molecule has 0 aliphatic heterocycles. The topological polar surface area (TPSA) is 138 Å². The number of rotatable bonds is 5. The predicted octanol–water partition coefficient (Wildman–Crippen LogP) is -7.29. The smallest absolute Gasteiger partial charge is 1.00 e. The molecule has 0 fully saturated rings. The summed E-state index contributed by atoms with van der Waals surface area (Å²) in [6.45, 7) is 0. The summed E-state index contributed by atoms with van der Waals surface area (Å²) in [6.07, 6.45) is -2.59. The van der Waals surface area contributed by atoms with Gasteiger partial charge in [0.2, 0.25) is 0 Å². The van der Waals surface area contributed by atoms with Gasteiger partial charge >= 0.3 is 23.3 Å². The summed E-state index contributed by atoms with van der Waals surface area (Å²) in [5.74, 6) is -5.65. The summed E-state index contributed by atoms with van der Waals surface area (Å²) in [7, 11) is 0. The van der Waals surface area contributed by atoms with Crippen LogP contribution in [0.1, 0.15) is 12.8 Å². The molecule has 0 radical (unpaired) electrons. The summed E-state index contributed by atoms with van der Waals surface area (Å²) in [4.78, 5) is 30.2. The van der Waals surface area contributed by atoms with Gasteiger partial charge in [-0.2, -0.15) is 0 Å². The molecule has 0 aromatic carbocycles. The number of carbonyl (C=O) groups excluding carboxylic acids is 2. The van der Waals surface area contributed by atoms with Crippen molar-refractivity contribution in [1.82, 2.24) is 0 Å². The zero-order chi connectivity index (χ0) is 10.6. The minimum atomic E-state index is -2.86. The van der Waals surface area contributed by atoms with Gasteiger partial charge in [-0.05, 0) is 0 Å². The van der Waals surface area contributed by atoms with Crippen LogP contribution in [0.25, 0.3) is 0 Å². The first-order valence-electron chi connectivity index (χ1n) is 3.13. The Morgan fingerprint density at radius 3 is 1.47 bits per heavy atom. The summed E-state index contributed by atoms with van der Waals surface area (Å²) >= 11 is 0. The van der Waals surface area contributed by atoms with E-state index in [1.165, 1.54) is 0 Å². The van der Waals surface area contributed by atoms with E-state index in [9.17, 15) is 24.6 Å². The van der Waals surface area contributed by atoms with Crippen molar-refractivity contribution in [1.29, 1.82) is 0 Å². The van der Waals surface area contributed by atoms with E-state index < -0.39 is 36.4 Å². The van der Waals surface area contributed by atoms with Crippen LogP contribution in [0, 0.1) is 0 Å². The molecule has 15 heavy (non-hydrogen) atoms. The van der Waals surface area contributed by atoms with Crippen LogP contribution in [-0.4, -0.2) is 51.1 Å². The van der Waals surface area contributed by atoms with E-state index >= 15 is 0 Å². The van der Waals surface area contributed by atoms with E-state index in [0.717, 1.165) is 0 Å². The standard InChI is InChI=1S/C6H8O7.Al.ClH/c7-3(8)1-6(13,5(11)12)2-4(9)10;;/h13H,1-2H2,(H,7,8)(H,9,10)(H,11,12);;1H/q;+3;/p-3. The molecule has 0 aromatic rings. The maximum absolute atomic E-state index is 10.3. The van der Waals surface area contributed by atoms with Gasteiger partial charge in [-0.15, -0.1) is 0 Å². The van der Waals surface area contributed by atoms with Crippen molar-refractivity contribution in [3.05, 3.63) is 0 Å². The number of halogens is 1. The molecule has 0 saturated carbocycles. The summed E-state index contributed by atoms with van der Waals surface area (Å²) in [6, 6.07) is 0. The molecule has 0 heterocycles. The maximum atomic E-state index is 10.3. The predicted molar refractivity (Wildman–Crippen MR) is 37.6 cm³/mol. The molecule has 7 nitrogen and oxygen atoms in total. The Kier molecular flexibility index (Phi) is 9.83. The normalized spacial score (nSPS) is 9.40. The Balaban J connectivity index is -0.000000720. The third-order valence-corrected chi connectivity index (χ3v) is 1.27. The van der Waals surface area contributed by atoms with Gasteiger partial charge in [-0.1, -0.05) is 0 Å². The van der Waals surface area contributed by atoms with Crippen LogP contribution < -0.4 is 22.6 Å². The van der Waals surface area contributed by atoms with E-state index in [2.05, 4.69) is 0 Å². The number of carbonyl (C=O) groups is 3. The van der Waals surface area contributed by atoms with Gasteiger partial charge in [0.15, 0.2) is 5.60 Å². The van der Waals surface area contributed by atoms with E-state index in [1.54, 1.807) is 0 Å². The van der Waals surface area contributed by atoms with Crippen LogP contribution in [-0.2, 0) is 14.4 Å². The Hall–Kier alpha value is -0.808. The first-order valence-corrected chi connectivity index (χ1v) is 3.13. The van der Waals surface area contributed by atoms with E-state index in [-0.39, 0.29) is 29.8 Å². The largest absolute Gasteiger partial charge is 3.00 e. The quantitative estimate of drug-likeness (QED) is 0.464. The van der Waals surface area contributed by atoms with Gasteiger partial charge < -0.3 is 42.4 Å². The van der Waals surface area contributed by atoms with Crippen molar-refractivity contribution in [3.63, 3.8) is 0 Å². The fourth-order valence-corrected chi connectivity index (χ4v) is 0.691. The number of hydrogen-bond acceptors (Lipinski definition) is 6. The van der Waals surface area contributed by atoms with Crippen LogP contribution >= 0.6 is 0 Å². The zero-order valence-corrected chi connectivity index (χ0v) is 9.22. The SMILES string of the molecule is O=C([O-])CC(O)(CC(=O)[O-])C(=O)O.[Al+3].[Cl-]. The van der Waals surface area contributed by atoms with Crippen molar-refractivity contribution < 1.29 is 47.2 Å². The Labute approximate surface area is 101 Å². The van der Waals surface area contributed by atoms with E-state index in [0.29, 0.717) is 0 Å². The number of carboxylic acid groups (broad SMARTS) is 3. The first kappa shape index (κ1) is 19.7. The monoisotopic (exact) mass is 252 g/mol. The van der Waals surface area contributed by atoms with Crippen LogP contribution in [0.15, 0.2) is 0 Å². The summed E-state index contributed by atoms with van der Waals surface area (Å²) < 4.78 is 0. The second-order valence-electron chi connectivity index (χ2n) is 2.43. The first-order chi connectivity index (χ1) is 5.78. The number of hydrogen-bond donors (Lipinski definition) is 2. The molecular weight excluding hydrogens is 246 g/mol. The van der Waals surface area contributed by atoms with Gasteiger partial charge in [0.05, 0.1) is 0 Å². The van der Waals surface area contributed by atoms with Crippen molar-refractivity contribution in [3.8, 4) is 0 Å². The molecule has 0 aliphatic carbocycles. The molecule has 0 amide bonds.